The molecule has 0 spiro atoms. The van der Waals surface area contributed by atoms with Gasteiger partial charge in [0.1, 0.15) is 11.2 Å². The Kier molecular flexibility index (Phi) is 2.39. The van der Waals surface area contributed by atoms with Crippen LogP contribution in [-0.4, -0.2) is 16.2 Å². The summed E-state index contributed by atoms with van der Waals surface area (Å²) in [6.07, 6.45) is 2.55. The molecule has 6 nitrogen and oxygen atoms in total. The molecule has 6 heteroatoms. The minimum atomic E-state index is -1.29. The summed E-state index contributed by atoms with van der Waals surface area (Å²) in [6.45, 7) is 1.30. The summed E-state index contributed by atoms with van der Waals surface area (Å²) in [5.74, 6) is -0.319. The third kappa shape index (κ3) is 1.64. The molecular formula is C8H11N3O3. The van der Waals surface area contributed by atoms with Crippen molar-refractivity contribution in [1.82, 2.24) is 0 Å². The molecule has 0 aromatic carbocycles. The van der Waals surface area contributed by atoms with Gasteiger partial charge >= 0.3 is 0 Å². The fourth-order valence-corrected chi connectivity index (χ4v) is 1.18. The number of Topliss-reactive ketones (excluding diaryl/α,β-unsaturated/α-hetero) is 1. The minimum absolute atomic E-state index is 0.0531. The summed E-state index contributed by atoms with van der Waals surface area (Å²) in [6, 6.07) is 0. The van der Waals surface area contributed by atoms with Gasteiger partial charge in [0.25, 0.3) is 5.70 Å². The number of nitro groups is 1. The summed E-state index contributed by atoms with van der Waals surface area (Å²) in [5, 5.41) is 10.5. The fraction of sp³-hybridized carbons (Fsp3) is 0.375. The summed E-state index contributed by atoms with van der Waals surface area (Å²) in [4.78, 5) is 21.1. The van der Waals surface area contributed by atoms with Crippen LogP contribution in [0.3, 0.4) is 0 Å². The smallest absolute Gasteiger partial charge is 0.271 e. The predicted octanol–water partition coefficient (Wildman–Crippen LogP) is -0.320. The normalized spacial score (nSPS) is 26.4. The lowest BCUT2D eigenvalue weighted by Crippen LogP contribution is -2.47. The van der Waals surface area contributed by atoms with E-state index in [2.05, 4.69) is 0 Å². The van der Waals surface area contributed by atoms with Crippen molar-refractivity contribution in [3.05, 3.63) is 33.7 Å². The van der Waals surface area contributed by atoms with Crippen LogP contribution in [-0.2, 0) is 4.79 Å². The van der Waals surface area contributed by atoms with E-state index in [1.807, 2.05) is 0 Å². The highest BCUT2D eigenvalue weighted by Crippen LogP contribution is 2.24. The van der Waals surface area contributed by atoms with Crippen LogP contribution in [0.15, 0.2) is 23.5 Å². The Labute approximate surface area is 80.4 Å². The monoisotopic (exact) mass is 197 g/mol. The Balaban J connectivity index is 3.07. The van der Waals surface area contributed by atoms with E-state index in [0.717, 1.165) is 0 Å². The predicted molar refractivity (Wildman–Crippen MR) is 49.6 cm³/mol. The van der Waals surface area contributed by atoms with Gasteiger partial charge in [-0.15, -0.1) is 0 Å². The molecule has 0 saturated carbocycles. The number of ketones is 1. The molecule has 4 N–H and O–H groups in total. The number of hydrogen-bond donors (Lipinski definition) is 2. The van der Waals surface area contributed by atoms with Crippen LogP contribution in [0.4, 0.5) is 0 Å². The Morgan fingerprint density at radius 3 is 2.71 bits per heavy atom. The van der Waals surface area contributed by atoms with Crippen LogP contribution in [0.1, 0.15) is 13.3 Å². The van der Waals surface area contributed by atoms with Crippen LogP contribution in [0, 0.1) is 10.1 Å². The van der Waals surface area contributed by atoms with Crippen LogP contribution in [0.25, 0.3) is 0 Å². The first kappa shape index (κ1) is 10.4. The third-order valence-electron chi connectivity index (χ3n) is 2.23. The van der Waals surface area contributed by atoms with E-state index in [1.54, 1.807) is 0 Å². The molecule has 0 aliphatic heterocycles. The number of nitrogens with two attached hydrogens (primary N) is 2. The zero-order chi connectivity index (χ0) is 10.9. The van der Waals surface area contributed by atoms with Gasteiger partial charge in [-0.1, -0.05) is 6.08 Å². The van der Waals surface area contributed by atoms with E-state index in [4.69, 9.17) is 11.5 Å². The molecule has 0 saturated heterocycles. The van der Waals surface area contributed by atoms with E-state index >= 15 is 0 Å². The molecule has 1 aliphatic carbocycles. The molecular weight excluding hydrogens is 186 g/mol. The average Bonchev–Trinajstić information content (AvgIpc) is 2.09. The molecule has 0 bridgehead atoms. The Hall–Kier alpha value is -1.69. The molecule has 0 heterocycles. The Morgan fingerprint density at radius 1 is 1.71 bits per heavy atom. The number of rotatable bonds is 2. The van der Waals surface area contributed by atoms with Crippen LogP contribution in [0.5, 0.6) is 0 Å². The molecule has 76 valence electrons. The lowest BCUT2D eigenvalue weighted by atomic mass is 9.86. The lowest BCUT2D eigenvalue weighted by molar-refractivity contribution is -0.429. The molecule has 14 heavy (non-hydrogen) atoms. The van der Waals surface area contributed by atoms with Gasteiger partial charge in [0.2, 0.25) is 0 Å². The van der Waals surface area contributed by atoms with E-state index in [0.29, 0.717) is 0 Å². The summed E-state index contributed by atoms with van der Waals surface area (Å²) < 4.78 is 0. The maximum atomic E-state index is 11.1. The first-order valence-electron chi connectivity index (χ1n) is 3.99. The molecule has 1 atom stereocenters. The van der Waals surface area contributed by atoms with Gasteiger partial charge in [0.05, 0.1) is 11.3 Å². The van der Waals surface area contributed by atoms with Gasteiger partial charge in [-0.3, -0.25) is 14.9 Å². The fourth-order valence-electron chi connectivity index (χ4n) is 1.18. The lowest BCUT2D eigenvalue weighted by Gasteiger charge is -2.24. The Morgan fingerprint density at radius 2 is 2.29 bits per heavy atom. The number of carbonyl (C=O) groups excluding carboxylic acids is 1. The van der Waals surface area contributed by atoms with Crippen molar-refractivity contribution in [2.24, 2.45) is 11.5 Å². The SMILES string of the molecule is CC(=O)C1(N)C=CC(N)=C([N+](=O)[O-])C1. The maximum Gasteiger partial charge on any atom is 0.271 e. The van der Waals surface area contributed by atoms with E-state index in [9.17, 15) is 14.9 Å². The molecule has 1 aliphatic rings. The first-order chi connectivity index (χ1) is 6.37. The first-order valence-corrected chi connectivity index (χ1v) is 3.99. The van der Waals surface area contributed by atoms with Crippen LogP contribution in [0.2, 0.25) is 0 Å². The highest BCUT2D eigenvalue weighted by atomic mass is 16.6. The number of nitrogens with zero attached hydrogens (tertiary/aromatic N) is 1. The average molecular weight is 197 g/mol. The zero-order valence-corrected chi connectivity index (χ0v) is 7.69. The van der Waals surface area contributed by atoms with E-state index < -0.39 is 10.5 Å². The van der Waals surface area contributed by atoms with Crippen molar-refractivity contribution >= 4 is 5.78 Å². The third-order valence-corrected chi connectivity index (χ3v) is 2.23. The largest absolute Gasteiger partial charge is 0.393 e. The van der Waals surface area contributed by atoms with Crippen LogP contribution < -0.4 is 11.5 Å². The molecule has 0 aromatic rings. The molecule has 0 amide bonds. The van der Waals surface area contributed by atoms with Gasteiger partial charge in [-0.05, 0) is 13.0 Å². The minimum Gasteiger partial charge on any atom is -0.393 e. The molecule has 1 rings (SSSR count). The second-order valence-corrected chi connectivity index (χ2v) is 3.27. The van der Waals surface area contributed by atoms with Crippen molar-refractivity contribution in [3.63, 3.8) is 0 Å². The van der Waals surface area contributed by atoms with E-state index in [-0.39, 0.29) is 23.6 Å². The molecule has 1 unspecified atom stereocenters. The number of carbonyl (C=O) groups is 1. The van der Waals surface area contributed by atoms with Crippen molar-refractivity contribution in [2.75, 3.05) is 0 Å². The number of hydrogen-bond acceptors (Lipinski definition) is 5. The second kappa shape index (κ2) is 3.22. The van der Waals surface area contributed by atoms with Crippen molar-refractivity contribution < 1.29 is 9.72 Å². The highest BCUT2D eigenvalue weighted by molar-refractivity contribution is 5.88. The van der Waals surface area contributed by atoms with Crippen molar-refractivity contribution in [1.29, 1.82) is 0 Å². The topological polar surface area (TPSA) is 112 Å². The second-order valence-electron chi connectivity index (χ2n) is 3.27. The maximum absolute atomic E-state index is 11.1. The summed E-state index contributed by atoms with van der Waals surface area (Å²) in [5.41, 5.74) is 9.61. The summed E-state index contributed by atoms with van der Waals surface area (Å²) >= 11 is 0. The standard InChI is InChI=1S/C8H11N3O3/c1-5(12)8(10)3-2-6(9)7(4-8)11(13)14/h2-3H,4,9-10H2,1H3. The molecule has 0 aromatic heterocycles. The van der Waals surface area contributed by atoms with Gasteiger partial charge in [0, 0.05) is 0 Å². The quantitative estimate of drug-likeness (QED) is 0.465. The van der Waals surface area contributed by atoms with Gasteiger partial charge in [0.15, 0.2) is 5.78 Å². The van der Waals surface area contributed by atoms with Crippen molar-refractivity contribution in [3.8, 4) is 0 Å². The van der Waals surface area contributed by atoms with Gasteiger partial charge < -0.3 is 11.5 Å². The van der Waals surface area contributed by atoms with Crippen LogP contribution >= 0.6 is 0 Å². The van der Waals surface area contributed by atoms with E-state index in [1.165, 1.54) is 19.1 Å². The summed E-state index contributed by atoms with van der Waals surface area (Å²) in [7, 11) is 0. The van der Waals surface area contributed by atoms with Gasteiger partial charge in [-0.25, -0.2) is 0 Å². The van der Waals surface area contributed by atoms with Crippen molar-refractivity contribution in [2.45, 2.75) is 18.9 Å². The highest BCUT2D eigenvalue weighted by Gasteiger charge is 2.37. The zero-order valence-electron chi connectivity index (χ0n) is 7.69. The Bertz CT molecular complexity index is 359. The number of allylic oxidation sites excluding steroid dienone is 1. The molecule has 0 radical (unpaired) electrons. The molecule has 0 fully saturated rings. The van der Waals surface area contributed by atoms with Gasteiger partial charge in [-0.2, -0.15) is 0 Å².